The van der Waals surface area contributed by atoms with Crippen molar-refractivity contribution in [2.45, 2.75) is 0 Å². The van der Waals surface area contributed by atoms with Gasteiger partial charge in [0.1, 0.15) is 19.3 Å². The molecule has 0 aromatic heterocycles. The van der Waals surface area contributed by atoms with Crippen LogP contribution in [0.1, 0.15) is 0 Å². The van der Waals surface area contributed by atoms with Crippen molar-refractivity contribution in [3.05, 3.63) is 22.5 Å². The van der Waals surface area contributed by atoms with E-state index in [1.807, 2.05) is 12.4 Å². The number of nitrogens with zero attached hydrogens (tertiary/aromatic N) is 2. The van der Waals surface area contributed by atoms with Crippen LogP contribution < -0.4 is 12.4 Å². The first-order valence-electron chi connectivity index (χ1n) is 5.59. The molecule has 2 rings (SSSR count). The molecule has 1 saturated heterocycles. The maximum Gasteiger partial charge on any atom is 0.193 e. The molecule has 104 valence electrons. The molecule has 0 unspecified atom stereocenters. The van der Waals surface area contributed by atoms with Gasteiger partial charge in [-0.3, -0.25) is 9.32 Å². The molecule has 0 N–H and O–H groups in total. The highest BCUT2D eigenvalue weighted by Crippen LogP contribution is 2.37. The molecule has 2 aliphatic heterocycles. The van der Waals surface area contributed by atoms with E-state index < -0.39 is 0 Å². The smallest absolute Gasteiger partial charge is 0.193 e. The van der Waals surface area contributed by atoms with Crippen molar-refractivity contribution in [2.24, 2.45) is 0 Å². The molecule has 0 aromatic rings. The van der Waals surface area contributed by atoms with Gasteiger partial charge in [0, 0.05) is 11.8 Å². The fraction of sp³-hybridized carbons (Fsp3) is 0.636. The zero-order chi connectivity index (χ0) is 12.3. The highest BCUT2D eigenvalue weighted by molar-refractivity contribution is 8.06. The lowest BCUT2D eigenvalue weighted by Gasteiger charge is -2.39. The minimum atomic E-state index is 0. The van der Waals surface area contributed by atoms with Gasteiger partial charge in [0.2, 0.25) is 0 Å². The van der Waals surface area contributed by atoms with Gasteiger partial charge in [-0.25, -0.2) is 5.06 Å². The predicted molar refractivity (Wildman–Crippen MR) is 66.4 cm³/mol. The molecule has 0 bridgehead atoms. The Morgan fingerprint density at radius 2 is 1.94 bits per heavy atom. The Morgan fingerprint density at radius 3 is 2.50 bits per heavy atom. The second kappa shape index (κ2) is 6.68. The van der Waals surface area contributed by atoms with E-state index in [0.29, 0.717) is 0 Å². The number of hydrogen-bond acceptors (Lipinski definition) is 5. The normalized spacial score (nSPS) is 22.7. The minimum absolute atomic E-state index is 0. The van der Waals surface area contributed by atoms with Gasteiger partial charge in [-0.2, -0.15) is 0 Å². The molecule has 5 nitrogen and oxygen atoms in total. The van der Waals surface area contributed by atoms with Crippen molar-refractivity contribution < 1.29 is 31.2 Å². The Morgan fingerprint density at radius 1 is 1.28 bits per heavy atom. The first-order valence-corrected chi connectivity index (χ1v) is 6.40. The van der Waals surface area contributed by atoms with Gasteiger partial charge in [-0.15, -0.1) is 0 Å². The molecule has 7 heteroatoms. The van der Waals surface area contributed by atoms with E-state index in [0.717, 1.165) is 35.9 Å². The SMILES string of the molecule is COC1=CN(OC)C=C([N+]2(C)CCOCC2)S1.[Cl-]. The number of likely N-dealkylation sites (N-methyl/N-ethyl adjacent to an activating group) is 1. The summed E-state index contributed by atoms with van der Waals surface area (Å²) in [5.74, 6) is 0. The van der Waals surface area contributed by atoms with Crippen LogP contribution in [0, 0.1) is 0 Å². The summed E-state index contributed by atoms with van der Waals surface area (Å²) in [7, 11) is 5.54. The zero-order valence-electron chi connectivity index (χ0n) is 10.9. The fourth-order valence-corrected chi connectivity index (χ4v) is 2.83. The van der Waals surface area contributed by atoms with Gasteiger partial charge >= 0.3 is 0 Å². The van der Waals surface area contributed by atoms with Crippen LogP contribution in [-0.2, 0) is 14.3 Å². The van der Waals surface area contributed by atoms with Crippen LogP contribution in [0.3, 0.4) is 0 Å². The van der Waals surface area contributed by atoms with Gasteiger partial charge in [0.15, 0.2) is 10.1 Å². The molecule has 2 aliphatic rings. The van der Waals surface area contributed by atoms with Gasteiger partial charge in [-0.1, -0.05) is 0 Å². The summed E-state index contributed by atoms with van der Waals surface area (Å²) in [6.45, 7) is 3.56. The quantitative estimate of drug-likeness (QED) is 0.581. The number of thioether (sulfide) groups is 1. The lowest BCUT2D eigenvalue weighted by molar-refractivity contribution is -0.873. The number of halogens is 1. The Bertz CT molecular complexity index is 343. The average molecular weight is 295 g/mol. The van der Waals surface area contributed by atoms with E-state index in [1.54, 1.807) is 31.0 Å². The van der Waals surface area contributed by atoms with Gasteiger partial charge in [0.05, 0.1) is 40.7 Å². The monoisotopic (exact) mass is 294 g/mol. The largest absolute Gasteiger partial charge is 1.00 e. The number of quaternary nitrogens is 1. The molecule has 0 saturated carbocycles. The van der Waals surface area contributed by atoms with Crippen LogP contribution >= 0.6 is 11.8 Å². The van der Waals surface area contributed by atoms with Crippen molar-refractivity contribution in [2.75, 3.05) is 47.6 Å². The number of ether oxygens (including phenoxy) is 2. The van der Waals surface area contributed by atoms with E-state index in [2.05, 4.69) is 7.05 Å². The molecule has 1 fully saturated rings. The predicted octanol–water partition coefficient (Wildman–Crippen LogP) is -1.68. The van der Waals surface area contributed by atoms with Crippen LogP contribution in [-0.4, -0.2) is 57.1 Å². The van der Waals surface area contributed by atoms with Gasteiger partial charge in [0.25, 0.3) is 0 Å². The fourth-order valence-electron chi connectivity index (χ4n) is 1.82. The Kier molecular flexibility index (Phi) is 5.81. The summed E-state index contributed by atoms with van der Waals surface area (Å²) >= 11 is 1.65. The maximum atomic E-state index is 5.42. The van der Waals surface area contributed by atoms with Gasteiger partial charge < -0.3 is 21.9 Å². The van der Waals surface area contributed by atoms with E-state index in [9.17, 15) is 0 Å². The molecule has 18 heavy (non-hydrogen) atoms. The van der Waals surface area contributed by atoms with Crippen LogP contribution in [0.2, 0.25) is 0 Å². The summed E-state index contributed by atoms with van der Waals surface area (Å²) in [5, 5.41) is 3.74. The third-order valence-electron chi connectivity index (χ3n) is 3.08. The number of rotatable bonds is 3. The zero-order valence-corrected chi connectivity index (χ0v) is 12.5. The summed E-state index contributed by atoms with van der Waals surface area (Å²) in [6, 6.07) is 0. The van der Waals surface area contributed by atoms with Crippen molar-refractivity contribution >= 4 is 11.8 Å². The van der Waals surface area contributed by atoms with E-state index in [-0.39, 0.29) is 12.4 Å². The lowest BCUT2D eigenvalue weighted by Crippen LogP contribution is -3.00. The summed E-state index contributed by atoms with van der Waals surface area (Å²) < 4.78 is 11.6. The Labute approximate surface area is 118 Å². The third kappa shape index (κ3) is 3.33. The number of methoxy groups -OCH3 is 1. The first kappa shape index (κ1) is 15.7. The van der Waals surface area contributed by atoms with Gasteiger partial charge in [-0.05, 0) is 0 Å². The highest BCUT2D eigenvalue weighted by atomic mass is 35.5. The van der Waals surface area contributed by atoms with Crippen molar-refractivity contribution in [3.63, 3.8) is 0 Å². The van der Waals surface area contributed by atoms with Crippen LogP contribution in [0.5, 0.6) is 0 Å². The first-order chi connectivity index (χ1) is 8.18. The van der Waals surface area contributed by atoms with Crippen molar-refractivity contribution in [1.29, 1.82) is 0 Å². The molecular weight excluding hydrogens is 276 g/mol. The second-order valence-corrected chi connectivity index (χ2v) is 5.24. The highest BCUT2D eigenvalue weighted by Gasteiger charge is 2.34. The van der Waals surface area contributed by atoms with E-state index in [1.165, 1.54) is 5.03 Å². The maximum absolute atomic E-state index is 5.42. The Hall–Kier alpha value is -0.400. The molecule has 2 heterocycles. The topological polar surface area (TPSA) is 30.9 Å². The third-order valence-corrected chi connectivity index (χ3v) is 4.31. The van der Waals surface area contributed by atoms with Crippen LogP contribution in [0.25, 0.3) is 0 Å². The molecule has 0 amide bonds. The summed E-state index contributed by atoms with van der Waals surface area (Å²) in [5.41, 5.74) is 0. The number of hydrogen-bond donors (Lipinski definition) is 0. The standard InChI is InChI=1S/C11H19N2O3S.ClH/c1-13(4-6-16-7-5-13)10-8-12(15-3)9-11(14-2)17-10;/h8-9H,4-7H2,1-3H3;1H/q+1;/p-1. The molecule has 0 aliphatic carbocycles. The molecular formula is C11H19ClN2O3S. The molecule has 0 radical (unpaired) electrons. The summed E-state index contributed by atoms with van der Waals surface area (Å²) in [6.07, 6.45) is 3.85. The average Bonchev–Trinajstić information content (AvgIpc) is 2.39. The molecule has 0 atom stereocenters. The van der Waals surface area contributed by atoms with Crippen molar-refractivity contribution in [1.82, 2.24) is 5.06 Å². The second-order valence-electron chi connectivity index (χ2n) is 4.22. The van der Waals surface area contributed by atoms with Crippen LogP contribution in [0.15, 0.2) is 22.5 Å². The van der Waals surface area contributed by atoms with Crippen LogP contribution in [0.4, 0.5) is 0 Å². The van der Waals surface area contributed by atoms with E-state index in [4.69, 9.17) is 14.3 Å². The molecule has 0 spiro atoms. The number of morpholine rings is 1. The molecule has 0 aromatic carbocycles. The lowest BCUT2D eigenvalue weighted by atomic mass is 10.4. The Balaban J connectivity index is 0.00000162. The van der Waals surface area contributed by atoms with Crippen molar-refractivity contribution in [3.8, 4) is 0 Å². The summed E-state index contributed by atoms with van der Waals surface area (Å²) in [4.78, 5) is 5.24. The van der Waals surface area contributed by atoms with E-state index >= 15 is 0 Å². The minimum Gasteiger partial charge on any atom is -1.00 e. The number of hydroxylamine groups is 2.